The molecule has 0 unspecified atom stereocenters. The summed E-state index contributed by atoms with van der Waals surface area (Å²) < 4.78 is 0. The van der Waals surface area contributed by atoms with Gasteiger partial charge in [0.1, 0.15) is 0 Å². The van der Waals surface area contributed by atoms with Crippen LogP contribution in [0.3, 0.4) is 0 Å². The van der Waals surface area contributed by atoms with Crippen molar-refractivity contribution in [3.63, 3.8) is 0 Å². The van der Waals surface area contributed by atoms with Crippen LogP contribution in [0.5, 0.6) is 0 Å². The average Bonchev–Trinajstić information content (AvgIpc) is 3.22. The first-order chi connectivity index (χ1) is 10.7. The Hall–Kier alpha value is -1.33. The second-order valence-electron chi connectivity index (χ2n) is 7.40. The van der Waals surface area contributed by atoms with Gasteiger partial charge in [0.15, 0.2) is 0 Å². The van der Waals surface area contributed by atoms with Gasteiger partial charge in [0.25, 0.3) is 0 Å². The first-order valence-electron chi connectivity index (χ1n) is 8.89. The molecule has 0 aromatic heterocycles. The molecule has 22 heavy (non-hydrogen) atoms. The molecule has 2 heteroatoms. The van der Waals surface area contributed by atoms with Crippen LogP contribution in [0.4, 0.5) is 0 Å². The Labute approximate surface area is 135 Å². The minimum atomic E-state index is -0.276. The van der Waals surface area contributed by atoms with Crippen LogP contribution in [-0.2, 0) is 5.41 Å². The third-order valence-electron chi connectivity index (χ3n) is 6.03. The Balaban J connectivity index is 1.98. The number of likely N-dealkylation sites (tertiary alicyclic amines) is 1. The summed E-state index contributed by atoms with van der Waals surface area (Å²) in [6.07, 6.45) is 6.20. The molecule has 0 N–H and O–H groups in total. The number of nitrogens with zero attached hydrogens (tertiary/aromatic N) is 2. The lowest BCUT2D eigenvalue weighted by molar-refractivity contribution is 0.207. The summed E-state index contributed by atoms with van der Waals surface area (Å²) in [7, 11) is 0. The molecule has 118 valence electrons. The van der Waals surface area contributed by atoms with Crippen molar-refractivity contribution in [2.45, 2.75) is 57.4 Å². The van der Waals surface area contributed by atoms with Crippen LogP contribution in [0, 0.1) is 23.2 Å². The zero-order valence-electron chi connectivity index (χ0n) is 14.0. The lowest BCUT2D eigenvalue weighted by Gasteiger charge is -2.39. The van der Waals surface area contributed by atoms with Crippen molar-refractivity contribution in [2.75, 3.05) is 13.1 Å². The molecule has 1 saturated heterocycles. The minimum absolute atomic E-state index is 0.276. The fourth-order valence-corrected chi connectivity index (χ4v) is 4.77. The molecule has 1 saturated carbocycles. The fraction of sp³-hybridized carbons (Fsp3) is 0.650. The van der Waals surface area contributed by atoms with Gasteiger partial charge in [0.2, 0.25) is 0 Å². The van der Waals surface area contributed by atoms with E-state index in [4.69, 9.17) is 0 Å². The van der Waals surface area contributed by atoms with Crippen LogP contribution in [-0.4, -0.2) is 24.0 Å². The zero-order valence-corrected chi connectivity index (χ0v) is 14.0. The first kappa shape index (κ1) is 15.6. The maximum absolute atomic E-state index is 10.3. The van der Waals surface area contributed by atoms with Crippen molar-refractivity contribution >= 4 is 0 Å². The van der Waals surface area contributed by atoms with Gasteiger partial charge in [-0.3, -0.25) is 0 Å². The molecule has 1 aromatic rings. The van der Waals surface area contributed by atoms with Gasteiger partial charge in [-0.2, -0.15) is 5.26 Å². The normalized spacial score (nSPS) is 26.2. The van der Waals surface area contributed by atoms with E-state index in [9.17, 15) is 5.26 Å². The second kappa shape index (κ2) is 6.42. The maximum atomic E-state index is 10.3. The predicted octanol–water partition coefficient (Wildman–Crippen LogP) is 4.37. The van der Waals surface area contributed by atoms with Crippen LogP contribution >= 0.6 is 0 Å². The molecule has 0 amide bonds. The topological polar surface area (TPSA) is 27.0 Å². The van der Waals surface area contributed by atoms with E-state index >= 15 is 0 Å². The summed E-state index contributed by atoms with van der Waals surface area (Å²) in [5.41, 5.74) is 0.988. The monoisotopic (exact) mass is 296 g/mol. The number of benzene rings is 1. The maximum Gasteiger partial charge on any atom is 0.0891 e. The highest BCUT2D eigenvalue weighted by Gasteiger charge is 2.50. The molecule has 2 atom stereocenters. The lowest BCUT2D eigenvalue weighted by atomic mass is 9.62. The van der Waals surface area contributed by atoms with E-state index in [2.05, 4.69) is 55.1 Å². The van der Waals surface area contributed by atoms with E-state index in [0.717, 1.165) is 19.5 Å². The van der Waals surface area contributed by atoms with Gasteiger partial charge in [-0.05, 0) is 57.1 Å². The molecule has 2 aliphatic rings. The van der Waals surface area contributed by atoms with E-state index in [1.54, 1.807) is 0 Å². The molecular formula is C20H28N2. The quantitative estimate of drug-likeness (QED) is 0.825. The van der Waals surface area contributed by atoms with Crippen LogP contribution < -0.4 is 0 Å². The third-order valence-corrected chi connectivity index (χ3v) is 6.03. The van der Waals surface area contributed by atoms with Crippen molar-refractivity contribution in [3.05, 3.63) is 35.9 Å². The zero-order chi connectivity index (χ0) is 15.6. The Morgan fingerprint density at radius 1 is 1.09 bits per heavy atom. The smallest absolute Gasteiger partial charge is 0.0891 e. The number of nitriles is 1. The van der Waals surface area contributed by atoms with Crippen molar-refractivity contribution in [3.8, 4) is 6.07 Å². The largest absolute Gasteiger partial charge is 0.301 e. The van der Waals surface area contributed by atoms with E-state index in [-0.39, 0.29) is 5.41 Å². The second-order valence-corrected chi connectivity index (χ2v) is 7.40. The molecular weight excluding hydrogens is 268 g/mol. The van der Waals surface area contributed by atoms with Crippen molar-refractivity contribution in [1.82, 2.24) is 4.90 Å². The fourth-order valence-electron chi connectivity index (χ4n) is 4.77. The highest BCUT2D eigenvalue weighted by Crippen LogP contribution is 2.49. The summed E-state index contributed by atoms with van der Waals surface area (Å²) in [6.45, 7) is 6.77. The molecule has 1 aromatic carbocycles. The molecule has 3 rings (SSSR count). The number of rotatable bonds is 4. The third kappa shape index (κ3) is 2.57. The van der Waals surface area contributed by atoms with Gasteiger partial charge in [-0.25, -0.2) is 0 Å². The molecule has 1 aliphatic heterocycles. The lowest BCUT2D eigenvalue weighted by Crippen LogP contribution is -2.42. The SMILES string of the molecule is CC(C)N1CC[C@@H]([C@@](C#N)(c2ccccc2)C2CCCC2)C1. The van der Waals surface area contributed by atoms with Crippen molar-refractivity contribution in [2.24, 2.45) is 11.8 Å². The molecule has 2 nitrogen and oxygen atoms in total. The van der Waals surface area contributed by atoms with E-state index in [0.29, 0.717) is 17.9 Å². The number of hydrogen-bond acceptors (Lipinski definition) is 2. The Kier molecular flexibility index (Phi) is 4.54. The summed E-state index contributed by atoms with van der Waals surface area (Å²) in [5.74, 6) is 1.02. The van der Waals surface area contributed by atoms with Crippen molar-refractivity contribution < 1.29 is 0 Å². The van der Waals surface area contributed by atoms with Gasteiger partial charge in [0, 0.05) is 12.6 Å². The summed E-state index contributed by atoms with van der Waals surface area (Å²) >= 11 is 0. The first-order valence-corrected chi connectivity index (χ1v) is 8.89. The highest BCUT2D eigenvalue weighted by molar-refractivity contribution is 5.36. The molecule has 1 heterocycles. The molecule has 0 radical (unpaired) electrons. The van der Waals surface area contributed by atoms with E-state index in [1.807, 2.05) is 0 Å². The van der Waals surface area contributed by atoms with Gasteiger partial charge in [0.05, 0.1) is 11.5 Å². The van der Waals surface area contributed by atoms with Gasteiger partial charge < -0.3 is 4.90 Å². The van der Waals surface area contributed by atoms with E-state index < -0.39 is 0 Å². The standard InChI is InChI=1S/C20H28N2/c1-16(2)22-13-12-19(14-22)20(15-21,18-10-6-7-11-18)17-8-4-3-5-9-17/h3-5,8-9,16,18-19H,6-7,10-14H2,1-2H3/t19-,20+/m1/s1. The van der Waals surface area contributed by atoms with Gasteiger partial charge in [-0.1, -0.05) is 43.2 Å². The Bertz CT molecular complexity index is 524. The van der Waals surface area contributed by atoms with Crippen LogP contribution in [0.25, 0.3) is 0 Å². The summed E-state index contributed by atoms with van der Waals surface area (Å²) in [6, 6.07) is 14.1. The summed E-state index contributed by atoms with van der Waals surface area (Å²) in [5, 5.41) is 10.3. The Morgan fingerprint density at radius 3 is 2.32 bits per heavy atom. The van der Waals surface area contributed by atoms with Crippen LogP contribution in [0.15, 0.2) is 30.3 Å². The average molecular weight is 296 g/mol. The molecule has 1 aliphatic carbocycles. The van der Waals surface area contributed by atoms with Crippen LogP contribution in [0.2, 0.25) is 0 Å². The summed E-state index contributed by atoms with van der Waals surface area (Å²) in [4.78, 5) is 2.55. The van der Waals surface area contributed by atoms with E-state index in [1.165, 1.54) is 31.2 Å². The van der Waals surface area contributed by atoms with Crippen molar-refractivity contribution in [1.29, 1.82) is 5.26 Å². The van der Waals surface area contributed by atoms with Crippen LogP contribution in [0.1, 0.15) is 51.5 Å². The molecule has 0 spiro atoms. The van der Waals surface area contributed by atoms with Gasteiger partial charge >= 0.3 is 0 Å². The number of hydrogen-bond donors (Lipinski definition) is 0. The predicted molar refractivity (Wildman–Crippen MR) is 90.5 cm³/mol. The molecule has 2 fully saturated rings. The van der Waals surface area contributed by atoms with Gasteiger partial charge in [-0.15, -0.1) is 0 Å². The minimum Gasteiger partial charge on any atom is -0.301 e. The Morgan fingerprint density at radius 2 is 1.77 bits per heavy atom. The highest BCUT2D eigenvalue weighted by atomic mass is 15.2. The molecule has 0 bridgehead atoms.